The van der Waals surface area contributed by atoms with E-state index in [4.69, 9.17) is 0 Å². The van der Waals surface area contributed by atoms with Crippen molar-refractivity contribution in [1.82, 2.24) is 14.9 Å². The second kappa shape index (κ2) is 6.89. The van der Waals surface area contributed by atoms with Gasteiger partial charge in [-0.05, 0) is 30.7 Å². The quantitative estimate of drug-likeness (QED) is 0.386. The zero-order valence-electron chi connectivity index (χ0n) is 16.0. The molecule has 7 heteroatoms. The summed E-state index contributed by atoms with van der Waals surface area (Å²) in [5.74, 6) is -0.844. The van der Waals surface area contributed by atoms with Gasteiger partial charge in [-0.1, -0.05) is 18.2 Å². The number of hydrogen-bond acceptors (Lipinski definition) is 4. The van der Waals surface area contributed by atoms with Crippen LogP contribution >= 0.6 is 0 Å². The number of aliphatic hydroxyl groups is 1. The molecular weight excluding hydrogens is 382 g/mol. The Labute approximate surface area is 171 Å². The van der Waals surface area contributed by atoms with E-state index in [1.807, 2.05) is 35.0 Å². The Hall–Kier alpha value is -3.84. The van der Waals surface area contributed by atoms with Crippen molar-refractivity contribution in [2.75, 3.05) is 6.61 Å². The Balaban J connectivity index is 1.80. The molecule has 5 rings (SSSR count). The van der Waals surface area contributed by atoms with Gasteiger partial charge in [-0.2, -0.15) is 0 Å². The van der Waals surface area contributed by atoms with Crippen LogP contribution in [-0.2, 0) is 16.1 Å². The molecular formula is C23H19N3O4. The minimum Gasteiger partial charge on any atom is -0.508 e. The molecule has 0 spiro atoms. The first-order valence-corrected chi connectivity index (χ1v) is 9.68. The molecule has 0 fully saturated rings. The van der Waals surface area contributed by atoms with Crippen molar-refractivity contribution < 1.29 is 19.8 Å². The van der Waals surface area contributed by atoms with E-state index >= 15 is 0 Å². The standard InChI is InChI=1S/C23H19N3O4/c27-9-3-8-26-12-17(15-10-13(28)6-7-19(15)26)21-20(22(29)25-23(21)30)16-11-24-18-5-2-1-4-14(16)18/h1-2,4-7,10-12,24,27-28H,3,8-9H2,(H,25,29,30). The molecule has 3 heterocycles. The van der Waals surface area contributed by atoms with Crippen molar-refractivity contribution in [2.45, 2.75) is 13.0 Å². The first-order valence-electron chi connectivity index (χ1n) is 9.68. The lowest BCUT2D eigenvalue weighted by Gasteiger charge is -2.03. The summed E-state index contributed by atoms with van der Waals surface area (Å²) in [5, 5.41) is 23.2. The summed E-state index contributed by atoms with van der Waals surface area (Å²) in [6.07, 6.45) is 4.09. The third-order valence-corrected chi connectivity index (χ3v) is 5.48. The minimum atomic E-state index is -0.468. The lowest BCUT2D eigenvalue weighted by molar-refractivity contribution is -0.122. The van der Waals surface area contributed by atoms with Gasteiger partial charge < -0.3 is 19.8 Å². The molecule has 4 aromatic rings. The molecule has 2 aromatic carbocycles. The topological polar surface area (TPSA) is 107 Å². The number of benzene rings is 2. The number of imide groups is 1. The van der Waals surface area contributed by atoms with E-state index in [9.17, 15) is 19.8 Å². The van der Waals surface area contributed by atoms with Crippen LogP contribution in [0.2, 0.25) is 0 Å². The normalized spacial score (nSPS) is 14.3. The van der Waals surface area contributed by atoms with E-state index in [0.717, 1.165) is 16.4 Å². The van der Waals surface area contributed by atoms with Gasteiger partial charge in [0.15, 0.2) is 0 Å². The number of carbonyl (C=O) groups excluding carboxylic acids is 2. The number of H-pyrrole nitrogens is 1. The van der Waals surface area contributed by atoms with Gasteiger partial charge in [0, 0.05) is 58.5 Å². The summed E-state index contributed by atoms with van der Waals surface area (Å²) < 4.78 is 1.93. The first kappa shape index (κ1) is 18.2. The molecule has 0 saturated heterocycles. The summed E-state index contributed by atoms with van der Waals surface area (Å²) in [4.78, 5) is 28.8. The van der Waals surface area contributed by atoms with Crippen LogP contribution in [0.1, 0.15) is 17.5 Å². The van der Waals surface area contributed by atoms with Crippen molar-refractivity contribution in [2.24, 2.45) is 0 Å². The zero-order chi connectivity index (χ0) is 20.8. The number of rotatable bonds is 5. The number of hydrogen-bond donors (Lipinski definition) is 4. The van der Waals surface area contributed by atoms with E-state index < -0.39 is 11.8 Å². The maximum atomic E-state index is 12.9. The Bertz CT molecular complexity index is 1360. The molecule has 2 aromatic heterocycles. The van der Waals surface area contributed by atoms with Crippen molar-refractivity contribution in [3.8, 4) is 5.75 Å². The van der Waals surface area contributed by atoms with Crippen LogP contribution in [0, 0.1) is 0 Å². The average Bonchev–Trinajstić information content (AvgIpc) is 3.39. The van der Waals surface area contributed by atoms with Crippen LogP contribution in [0.15, 0.2) is 54.9 Å². The highest BCUT2D eigenvalue weighted by molar-refractivity contribution is 6.50. The van der Waals surface area contributed by atoms with Gasteiger partial charge in [0.2, 0.25) is 0 Å². The third-order valence-electron chi connectivity index (χ3n) is 5.48. The van der Waals surface area contributed by atoms with Gasteiger partial charge in [0.25, 0.3) is 11.8 Å². The van der Waals surface area contributed by atoms with Gasteiger partial charge in [-0.25, -0.2) is 0 Å². The number of aryl methyl sites for hydroxylation is 1. The fraction of sp³-hybridized carbons (Fsp3) is 0.130. The highest BCUT2D eigenvalue weighted by atomic mass is 16.3. The number of aliphatic hydroxyl groups excluding tert-OH is 1. The molecule has 7 nitrogen and oxygen atoms in total. The number of aromatic nitrogens is 2. The molecule has 4 N–H and O–H groups in total. The molecule has 0 bridgehead atoms. The molecule has 30 heavy (non-hydrogen) atoms. The van der Waals surface area contributed by atoms with Crippen LogP contribution in [0.5, 0.6) is 5.75 Å². The highest BCUT2D eigenvalue weighted by Gasteiger charge is 2.35. The summed E-state index contributed by atoms with van der Waals surface area (Å²) in [6.45, 7) is 0.582. The van der Waals surface area contributed by atoms with Crippen molar-refractivity contribution in [1.29, 1.82) is 0 Å². The SMILES string of the molecule is O=C1NC(=O)C(c2cn(CCCO)c3ccc(O)cc23)=C1c1c[nH]c2ccccc12. The summed E-state index contributed by atoms with van der Waals surface area (Å²) in [5.41, 5.74) is 3.50. The fourth-order valence-electron chi connectivity index (χ4n) is 4.16. The minimum absolute atomic E-state index is 0.0371. The summed E-state index contributed by atoms with van der Waals surface area (Å²) >= 11 is 0. The third kappa shape index (κ3) is 2.71. The van der Waals surface area contributed by atoms with Crippen LogP contribution in [0.25, 0.3) is 33.0 Å². The van der Waals surface area contributed by atoms with Gasteiger partial charge in [0.05, 0.1) is 11.1 Å². The van der Waals surface area contributed by atoms with Crippen LogP contribution in [-0.4, -0.2) is 38.2 Å². The molecule has 0 atom stereocenters. The van der Waals surface area contributed by atoms with Crippen molar-refractivity contribution in [3.05, 3.63) is 66.0 Å². The molecule has 0 aliphatic carbocycles. The van der Waals surface area contributed by atoms with Gasteiger partial charge in [0.1, 0.15) is 5.75 Å². The maximum Gasteiger partial charge on any atom is 0.259 e. The second-order valence-corrected chi connectivity index (χ2v) is 7.30. The molecule has 0 saturated carbocycles. The average molecular weight is 401 g/mol. The number of phenolic OH excluding ortho intramolecular Hbond substituents is 1. The number of nitrogens with one attached hydrogen (secondary N) is 2. The maximum absolute atomic E-state index is 12.9. The Morgan fingerprint density at radius 3 is 2.50 bits per heavy atom. The van der Waals surface area contributed by atoms with Gasteiger partial charge in [-0.15, -0.1) is 0 Å². The number of carbonyl (C=O) groups is 2. The first-order chi connectivity index (χ1) is 14.6. The zero-order valence-corrected chi connectivity index (χ0v) is 16.0. The Morgan fingerprint density at radius 2 is 1.70 bits per heavy atom. The van der Waals surface area contributed by atoms with Crippen LogP contribution in [0.3, 0.4) is 0 Å². The number of phenols is 1. The molecule has 0 radical (unpaired) electrons. The number of fused-ring (bicyclic) bond motifs is 2. The molecule has 1 aliphatic heterocycles. The van der Waals surface area contributed by atoms with Crippen molar-refractivity contribution in [3.63, 3.8) is 0 Å². The van der Waals surface area contributed by atoms with Gasteiger partial charge >= 0.3 is 0 Å². The molecule has 1 aliphatic rings. The predicted molar refractivity (Wildman–Crippen MR) is 114 cm³/mol. The number of aromatic amines is 1. The Kier molecular flexibility index (Phi) is 4.18. The van der Waals surface area contributed by atoms with Crippen LogP contribution < -0.4 is 5.32 Å². The smallest absolute Gasteiger partial charge is 0.259 e. The molecule has 150 valence electrons. The highest BCUT2D eigenvalue weighted by Crippen LogP contribution is 2.39. The molecule has 2 amide bonds. The van der Waals surface area contributed by atoms with E-state index in [1.54, 1.807) is 24.4 Å². The second-order valence-electron chi connectivity index (χ2n) is 7.30. The lowest BCUT2D eigenvalue weighted by atomic mass is 9.95. The van der Waals surface area contributed by atoms with Crippen LogP contribution in [0.4, 0.5) is 0 Å². The largest absolute Gasteiger partial charge is 0.508 e. The monoisotopic (exact) mass is 401 g/mol. The Morgan fingerprint density at radius 1 is 0.933 bits per heavy atom. The summed E-state index contributed by atoms with van der Waals surface area (Å²) in [6, 6.07) is 12.5. The lowest BCUT2D eigenvalue weighted by Crippen LogP contribution is -2.22. The van der Waals surface area contributed by atoms with E-state index in [-0.39, 0.29) is 17.9 Å². The fourth-order valence-corrected chi connectivity index (χ4v) is 4.16. The molecule has 0 unspecified atom stereocenters. The predicted octanol–water partition coefficient (Wildman–Crippen LogP) is 2.78. The van der Waals surface area contributed by atoms with E-state index in [2.05, 4.69) is 10.3 Å². The van der Waals surface area contributed by atoms with E-state index in [1.165, 1.54) is 0 Å². The van der Waals surface area contributed by atoms with Crippen molar-refractivity contribution >= 4 is 44.8 Å². The number of amides is 2. The number of nitrogens with zero attached hydrogens (tertiary/aromatic N) is 1. The van der Waals surface area contributed by atoms with Gasteiger partial charge in [-0.3, -0.25) is 14.9 Å². The number of para-hydroxylation sites is 1. The van der Waals surface area contributed by atoms with E-state index in [0.29, 0.717) is 35.1 Å². The summed E-state index contributed by atoms with van der Waals surface area (Å²) in [7, 11) is 0. The number of aromatic hydroxyl groups is 1.